The Bertz CT molecular complexity index is 599. The Morgan fingerprint density at radius 3 is 2.60 bits per heavy atom. The molecule has 3 heteroatoms. The monoisotopic (exact) mass is 289 g/mol. The topological polar surface area (TPSA) is 12.0 Å². The standard InChI is InChI=1S/C17H17ClFN/c1-20-17(12-8-5-9-15(19)16(12)18)14-10-13(14)11-6-3-2-4-7-11/h2-9,13-14,17,20H,10H2,1H3. The van der Waals surface area contributed by atoms with Gasteiger partial charge in [-0.3, -0.25) is 0 Å². The molecule has 0 saturated heterocycles. The van der Waals surface area contributed by atoms with Crippen molar-refractivity contribution in [3.8, 4) is 0 Å². The van der Waals surface area contributed by atoms with E-state index in [9.17, 15) is 4.39 Å². The molecule has 1 aliphatic carbocycles. The lowest BCUT2D eigenvalue weighted by atomic mass is 9.98. The third kappa shape index (κ3) is 2.46. The van der Waals surface area contributed by atoms with E-state index in [4.69, 9.17) is 11.6 Å². The summed E-state index contributed by atoms with van der Waals surface area (Å²) in [5.41, 5.74) is 2.21. The van der Waals surface area contributed by atoms with Crippen LogP contribution < -0.4 is 5.32 Å². The lowest BCUT2D eigenvalue weighted by Gasteiger charge is -2.18. The van der Waals surface area contributed by atoms with E-state index in [0.717, 1.165) is 12.0 Å². The molecule has 3 unspecified atom stereocenters. The van der Waals surface area contributed by atoms with Crippen molar-refractivity contribution >= 4 is 11.6 Å². The molecule has 0 aliphatic heterocycles. The van der Waals surface area contributed by atoms with Crippen LogP contribution in [0.1, 0.15) is 29.5 Å². The number of rotatable bonds is 4. The fourth-order valence-electron chi connectivity index (χ4n) is 3.03. The maximum atomic E-state index is 13.6. The van der Waals surface area contributed by atoms with Crippen molar-refractivity contribution in [2.45, 2.75) is 18.4 Å². The van der Waals surface area contributed by atoms with E-state index in [-0.39, 0.29) is 16.9 Å². The molecule has 0 heterocycles. The SMILES string of the molecule is CNC(c1cccc(F)c1Cl)C1CC1c1ccccc1. The number of nitrogens with one attached hydrogen (secondary N) is 1. The Hall–Kier alpha value is -1.38. The van der Waals surface area contributed by atoms with Gasteiger partial charge in [-0.1, -0.05) is 54.1 Å². The molecular formula is C17H17ClFN. The molecular weight excluding hydrogens is 273 g/mol. The highest BCUT2D eigenvalue weighted by Gasteiger charge is 2.44. The Kier molecular flexibility index (Phi) is 3.77. The zero-order valence-electron chi connectivity index (χ0n) is 11.3. The lowest BCUT2D eigenvalue weighted by molar-refractivity contribution is 0.513. The van der Waals surface area contributed by atoms with Crippen LogP contribution in [0.15, 0.2) is 48.5 Å². The van der Waals surface area contributed by atoms with Gasteiger partial charge in [0.2, 0.25) is 0 Å². The summed E-state index contributed by atoms with van der Waals surface area (Å²) in [4.78, 5) is 0. The van der Waals surface area contributed by atoms with Crippen LogP contribution in [-0.4, -0.2) is 7.05 Å². The van der Waals surface area contributed by atoms with E-state index in [1.54, 1.807) is 6.07 Å². The molecule has 104 valence electrons. The van der Waals surface area contributed by atoms with Crippen LogP contribution >= 0.6 is 11.6 Å². The van der Waals surface area contributed by atoms with Crippen LogP contribution in [0, 0.1) is 11.7 Å². The van der Waals surface area contributed by atoms with Crippen molar-refractivity contribution < 1.29 is 4.39 Å². The second-order valence-corrected chi connectivity index (χ2v) is 5.70. The van der Waals surface area contributed by atoms with Gasteiger partial charge in [-0.25, -0.2) is 4.39 Å². The van der Waals surface area contributed by atoms with E-state index < -0.39 is 0 Å². The van der Waals surface area contributed by atoms with Crippen LogP contribution in [0.3, 0.4) is 0 Å². The zero-order chi connectivity index (χ0) is 14.1. The summed E-state index contributed by atoms with van der Waals surface area (Å²) < 4.78 is 13.6. The maximum Gasteiger partial charge on any atom is 0.142 e. The summed E-state index contributed by atoms with van der Waals surface area (Å²) in [5.74, 6) is 0.663. The Morgan fingerprint density at radius 1 is 1.15 bits per heavy atom. The third-order valence-electron chi connectivity index (χ3n) is 4.12. The van der Waals surface area contributed by atoms with Crippen LogP contribution in [0.4, 0.5) is 4.39 Å². The Labute approximate surface area is 123 Å². The first kappa shape index (κ1) is 13.6. The number of halogens is 2. The first-order valence-electron chi connectivity index (χ1n) is 6.88. The molecule has 3 atom stereocenters. The fourth-order valence-corrected chi connectivity index (χ4v) is 3.27. The summed E-state index contributed by atoms with van der Waals surface area (Å²) in [6.45, 7) is 0. The van der Waals surface area contributed by atoms with Gasteiger partial charge < -0.3 is 5.32 Å². The Morgan fingerprint density at radius 2 is 1.90 bits per heavy atom. The summed E-state index contributed by atoms with van der Waals surface area (Å²) >= 11 is 6.12. The van der Waals surface area contributed by atoms with Crippen molar-refractivity contribution in [2.24, 2.45) is 5.92 Å². The quantitative estimate of drug-likeness (QED) is 0.871. The molecule has 3 rings (SSSR count). The van der Waals surface area contributed by atoms with Gasteiger partial charge in [0.1, 0.15) is 5.82 Å². The van der Waals surface area contributed by atoms with Gasteiger partial charge in [0.15, 0.2) is 0 Å². The van der Waals surface area contributed by atoms with Crippen molar-refractivity contribution in [1.82, 2.24) is 5.32 Å². The molecule has 2 aromatic carbocycles. The molecule has 20 heavy (non-hydrogen) atoms. The van der Waals surface area contributed by atoms with Crippen LogP contribution in [0.2, 0.25) is 5.02 Å². The van der Waals surface area contributed by atoms with Crippen molar-refractivity contribution in [3.63, 3.8) is 0 Å². The smallest absolute Gasteiger partial charge is 0.142 e. The van der Waals surface area contributed by atoms with E-state index in [1.165, 1.54) is 11.6 Å². The minimum absolute atomic E-state index is 0.100. The molecule has 1 N–H and O–H groups in total. The Balaban J connectivity index is 1.84. The number of hydrogen-bond donors (Lipinski definition) is 1. The predicted molar refractivity (Wildman–Crippen MR) is 80.5 cm³/mol. The minimum atomic E-state index is -0.346. The second-order valence-electron chi connectivity index (χ2n) is 5.33. The van der Waals surface area contributed by atoms with Gasteiger partial charge in [0.25, 0.3) is 0 Å². The number of benzene rings is 2. The van der Waals surface area contributed by atoms with Crippen molar-refractivity contribution in [3.05, 3.63) is 70.5 Å². The molecule has 0 spiro atoms. The molecule has 0 aromatic heterocycles. The third-order valence-corrected chi connectivity index (χ3v) is 4.52. The highest BCUT2D eigenvalue weighted by atomic mass is 35.5. The van der Waals surface area contributed by atoms with E-state index in [1.807, 2.05) is 19.2 Å². The largest absolute Gasteiger partial charge is 0.313 e. The second kappa shape index (κ2) is 5.55. The fraction of sp³-hybridized carbons (Fsp3) is 0.294. The highest BCUT2D eigenvalue weighted by Crippen LogP contribution is 2.54. The normalized spacial score (nSPS) is 22.6. The molecule has 2 aromatic rings. The molecule has 1 aliphatic rings. The van der Waals surface area contributed by atoms with Crippen molar-refractivity contribution in [2.75, 3.05) is 7.05 Å². The van der Waals surface area contributed by atoms with Crippen LogP contribution in [0.5, 0.6) is 0 Å². The van der Waals surface area contributed by atoms with Gasteiger partial charge in [0, 0.05) is 6.04 Å². The molecule has 1 saturated carbocycles. The maximum absolute atomic E-state index is 13.6. The van der Waals surface area contributed by atoms with Gasteiger partial charge in [-0.2, -0.15) is 0 Å². The average Bonchev–Trinajstić information content (AvgIpc) is 3.26. The van der Waals surface area contributed by atoms with E-state index >= 15 is 0 Å². The summed E-state index contributed by atoms with van der Waals surface area (Å²) in [6, 6.07) is 15.6. The summed E-state index contributed by atoms with van der Waals surface area (Å²) in [7, 11) is 1.91. The minimum Gasteiger partial charge on any atom is -0.313 e. The highest BCUT2D eigenvalue weighted by molar-refractivity contribution is 6.31. The molecule has 1 nitrogen and oxygen atoms in total. The van der Waals surface area contributed by atoms with Crippen LogP contribution in [-0.2, 0) is 0 Å². The molecule has 0 amide bonds. The molecule has 0 bridgehead atoms. The van der Waals surface area contributed by atoms with Crippen LogP contribution in [0.25, 0.3) is 0 Å². The van der Waals surface area contributed by atoms with Crippen molar-refractivity contribution in [1.29, 1.82) is 0 Å². The number of hydrogen-bond acceptors (Lipinski definition) is 1. The molecule has 1 fully saturated rings. The van der Waals surface area contributed by atoms with Gasteiger partial charge in [0.05, 0.1) is 5.02 Å². The molecule has 0 radical (unpaired) electrons. The first-order chi connectivity index (χ1) is 9.72. The van der Waals surface area contributed by atoms with E-state index in [0.29, 0.717) is 11.8 Å². The lowest BCUT2D eigenvalue weighted by Crippen LogP contribution is -2.19. The first-order valence-corrected chi connectivity index (χ1v) is 7.26. The average molecular weight is 290 g/mol. The zero-order valence-corrected chi connectivity index (χ0v) is 12.1. The summed E-state index contributed by atoms with van der Waals surface area (Å²) in [5, 5.41) is 3.54. The predicted octanol–water partition coefficient (Wildman–Crippen LogP) is 4.54. The van der Waals surface area contributed by atoms with E-state index in [2.05, 4.69) is 29.6 Å². The summed E-state index contributed by atoms with van der Waals surface area (Å²) in [6.07, 6.45) is 1.11. The van der Waals surface area contributed by atoms with Gasteiger partial charge in [-0.15, -0.1) is 0 Å². The van der Waals surface area contributed by atoms with Gasteiger partial charge >= 0.3 is 0 Å². The van der Waals surface area contributed by atoms with Gasteiger partial charge in [-0.05, 0) is 42.5 Å².